The minimum Gasteiger partial charge on any atom is -0.462 e. The number of pyridine rings is 1. The predicted molar refractivity (Wildman–Crippen MR) is 87.2 cm³/mol. The van der Waals surface area contributed by atoms with Gasteiger partial charge in [-0.05, 0) is 24.6 Å². The predicted octanol–water partition coefficient (Wildman–Crippen LogP) is 3.80. The molecule has 4 nitrogen and oxygen atoms in total. The van der Waals surface area contributed by atoms with Gasteiger partial charge in [-0.15, -0.1) is 11.8 Å². The van der Waals surface area contributed by atoms with Crippen molar-refractivity contribution in [3.05, 3.63) is 66.0 Å². The lowest BCUT2D eigenvalue weighted by Crippen LogP contribution is -2.03. The first-order valence-electron chi connectivity index (χ1n) is 7.09. The summed E-state index contributed by atoms with van der Waals surface area (Å²) in [5, 5.41) is 4.24. The van der Waals surface area contributed by atoms with Gasteiger partial charge in [-0.3, -0.25) is 0 Å². The fraction of sp³-hybridized carbons (Fsp3) is 0.176. The topological polar surface area (TPSA) is 43.6 Å². The van der Waals surface area contributed by atoms with Crippen molar-refractivity contribution in [2.75, 3.05) is 6.61 Å². The Kier molecular flexibility index (Phi) is 4.44. The highest BCUT2D eigenvalue weighted by molar-refractivity contribution is 7.98. The molecule has 0 saturated carbocycles. The van der Waals surface area contributed by atoms with Crippen molar-refractivity contribution in [3.63, 3.8) is 0 Å². The molecule has 22 heavy (non-hydrogen) atoms. The summed E-state index contributed by atoms with van der Waals surface area (Å²) in [4.78, 5) is 12.9. The summed E-state index contributed by atoms with van der Waals surface area (Å²) in [6.45, 7) is 2.16. The summed E-state index contributed by atoms with van der Waals surface area (Å²) in [7, 11) is 0. The Hall–Kier alpha value is -2.27. The lowest BCUT2D eigenvalue weighted by atomic mass is 10.2. The van der Waals surface area contributed by atoms with Crippen LogP contribution in [-0.2, 0) is 10.5 Å². The Morgan fingerprint density at radius 2 is 2.05 bits per heavy atom. The lowest BCUT2D eigenvalue weighted by molar-refractivity contribution is 0.0528. The van der Waals surface area contributed by atoms with E-state index in [9.17, 15) is 4.79 Å². The third-order valence-corrected chi connectivity index (χ3v) is 4.29. The van der Waals surface area contributed by atoms with Gasteiger partial charge in [0.2, 0.25) is 0 Å². The highest BCUT2D eigenvalue weighted by Gasteiger charge is 2.13. The molecule has 0 N–H and O–H groups in total. The highest BCUT2D eigenvalue weighted by Crippen LogP contribution is 2.24. The van der Waals surface area contributed by atoms with Crippen molar-refractivity contribution in [3.8, 4) is 0 Å². The molecule has 0 radical (unpaired) electrons. The zero-order valence-corrected chi connectivity index (χ0v) is 13.0. The van der Waals surface area contributed by atoms with Crippen LogP contribution in [0.3, 0.4) is 0 Å². The van der Waals surface area contributed by atoms with E-state index >= 15 is 0 Å². The summed E-state index contributed by atoms with van der Waals surface area (Å²) in [6.07, 6.45) is 3.49. The normalized spacial score (nSPS) is 10.8. The zero-order valence-electron chi connectivity index (χ0n) is 12.2. The number of thioether (sulfide) groups is 1. The molecular weight excluding hydrogens is 296 g/mol. The lowest BCUT2D eigenvalue weighted by Gasteiger charge is -2.04. The Labute approximate surface area is 133 Å². The fourth-order valence-corrected chi connectivity index (χ4v) is 3.02. The van der Waals surface area contributed by atoms with Gasteiger partial charge in [-0.25, -0.2) is 9.31 Å². The molecule has 0 saturated heterocycles. The smallest absolute Gasteiger partial charge is 0.341 e. The maximum atomic E-state index is 11.8. The summed E-state index contributed by atoms with van der Waals surface area (Å²) in [6, 6.07) is 14.2. The zero-order chi connectivity index (χ0) is 15.4. The average Bonchev–Trinajstić information content (AvgIpc) is 2.97. The highest BCUT2D eigenvalue weighted by atomic mass is 32.2. The number of carbonyl (C=O) groups is 1. The van der Waals surface area contributed by atoms with Crippen LogP contribution in [0, 0.1) is 0 Å². The molecule has 0 atom stereocenters. The van der Waals surface area contributed by atoms with E-state index < -0.39 is 0 Å². The Balaban J connectivity index is 1.78. The van der Waals surface area contributed by atoms with Gasteiger partial charge >= 0.3 is 5.97 Å². The van der Waals surface area contributed by atoms with E-state index in [-0.39, 0.29) is 5.97 Å². The molecule has 0 spiro atoms. The fourth-order valence-electron chi connectivity index (χ4n) is 2.16. The molecule has 2 aromatic heterocycles. The maximum absolute atomic E-state index is 11.8. The van der Waals surface area contributed by atoms with Crippen LogP contribution in [0.2, 0.25) is 0 Å². The van der Waals surface area contributed by atoms with Gasteiger partial charge in [0.05, 0.1) is 18.3 Å². The SMILES string of the molecule is CCOC(=O)c1cnn2cc(SCc3ccccc3)ccc12. The van der Waals surface area contributed by atoms with Crippen LogP contribution < -0.4 is 0 Å². The number of nitrogens with zero attached hydrogens (tertiary/aromatic N) is 2. The first-order chi connectivity index (χ1) is 10.8. The Bertz CT molecular complexity index is 784. The average molecular weight is 312 g/mol. The molecule has 112 valence electrons. The molecule has 3 aromatic rings. The summed E-state index contributed by atoms with van der Waals surface area (Å²) >= 11 is 1.74. The van der Waals surface area contributed by atoms with Crippen LogP contribution in [0.1, 0.15) is 22.8 Å². The second kappa shape index (κ2) is 6.66. The molecule has 1 aromatic carbocycles. The first-order valence-corrected chi connectivity index (χ1v) is 8.07. The standard InChI is InChI=1S/C17H16N2O2S/c1-2-21-17(20)15-10-18-19-11-14(8-9-16(15)19)22-12-13-6-4-3-5-7-13/h3-11H,2,12H2,1H3. The van der Waals surface area contributed by atoms with E-state index in [4.69, 9.17) is 4.74 Å². The molecule has 0 amide bonds. The number of fused-ring (bicyclic) bond motifs is 1. The molecule has 0 unspecified atom stereocenters. The molecule has 0 bridgehead atoms. The molecular formula is C17H16N2O2S. The van der Waals surface area contributed by atoms with E-state index in [0.29, 0.717) is 12.2 Å². The number of esters is 1. The van der Waals surface area contributed by atoms with E-state index in [2.05, 4.69) is 17.2 Å². The van der Waals surface area contributed by atoms with Gasteiger partial charge in [0.25, 0.3) is 0 Å². The number of aromatic nitrogens is 2. The van der Waals surface area contributed by atoms with Crippen LogP contribution in [-0.4, -0.2) is 22.2 Å². The summed E-state index contributed by atoms with van der Waals surface area (Å²) in [5.74, 6) is 0.570. The number of ether oxygens (including phenoxy) is 1. The first kappa shape index (κ1) is 14.7. The van der Waals surface area contributed by atoms with Crippen LogP contribution in [0.25, 0.3) is 5.52 Å². The molecule has 3 rings (SSSR count). The van der Waals surface area contributed by atoms with Crippen LogP contribution in [0.5, 0.6) is 0 Å². The summed E-state index contributed by atoms with van der Waals surface area (Å²) in [5.41, 5.74) is 2.55. The number of hydrogen-bond acceptors (Lipinski definition) is 4. The number of benzene rings is 1. The molecule has 2 heterocycles. The minimum atomic E-state index is -0.331. The van der Waals surface area contributed by atoms with Crippen LogP contribution in [0.15, 0.2) is 59.8 Å². The van der Waals surface area contributed by atoms with Crippen molar-refractivity contribution < 1.29 is 9.53 Å². The third-order valence-electron chi connectivity index (χ3n) is 3.23. The van der Waals surface area contributed by atoms with E-state index in [1.807, 2.05) is 36.5 Å². The van der Waals surface area contributed by atoms with Crippen LogP contribution >= 0.6 is 11.8 Å². The Morgan fingerprint density at radius 3 is 2.82 bits per heavy atom. The molecule has 0 fully saturated rings. The van der Waals surface area contributed by atoms with E-state index in [1.54, 1.807) is 29.4 Å². The van der Waals surface area contributed by atoms with E-state index in [1.165, 1.54) is 5.56 Å². The number of carbonyl (C=O) groups excluding carboxylic acids is 1. The van der Waals surface area contributed by atoms with Crippen LogP contribution in [0.4, 0.5) is 0 Å². The van der Waals surface area contributed by atoms with Gasteiger partial charge in [-0.1, -0.05) is 30.3 Å². The quantitative estimate of drug-likeness (QED) is 0.531. The van der Waals surface area contributed by atoms with E-state index in [0.717, 1.165) is 16.2 Å². The Morgan fingerprint density at radius 1 is 1.23 bits per heavy atom. The second-order valence-electron chi connectivity index (χ2n) is 4.75. The third kappa shape index (κ3) is 3.14. The maximum Gasteiger partial charge on any atom is 0.341 e. The number of hydrogen-bond donors (Lipinski definition) is 0. The van der Waals surface area contributed by atoms with Crippen molar-refractivity contribution in [1.82, 2.24) is 9.61 Å². The van der Waals surface area contributed by atoms with Crippen molar-refractivity contribution in [2.24, 2.45) is 0 Å². The van der Waals surface area contributed by atoms with Gasteiger partial charge in [-0.2, -0.15) is 5.10 Å². The monoisotopic (exact) mass is 312 g/mol. The molecule has 0 aliphatic rings. The molecule has 0 aliphatic carbocycles. The van der Waals surface area contributed by atoms with Gasteiger partial charge < -0.3 is 4.74 Å². The largest absolute Gasteiger partial charge is 0.462 e. The second-order valence-corrected chi connectivity index (χ2v) is 5.80. The number of rotatable bonds is 5. The molecule has 0 aliphatic heterocycles. The van der Waals surface area contributed by atoms with Crippen molar-refractivity contribution in [2.45, 2.75) is 17.6 Å². The van der Waals surface area contributed by atoms with Gasteiger partial charge in [0.15, 0.2) is 0 Å². The summed E-state index contributed by atoms with van der Waals surface area (Å²) < 4.78 is 6.75. The van der Waals surface area contributed by atoms with Crippen molar-refractivity contribution >= 4 is 23.2 Å². The molecule has 5 heteroatoms. The van der Waals surface area contributed by atoms with Crippen molar-refractivity contribution in [1.29, 1.82) is 0 Å². The minimum absolute atomic E-state index is 0.331. The van der Waals surface area contributed by atoms with Gasteiger partial charge in [0.1, 0.15) is 5.56 Å². The van der Waals surface area contributed by atoms with Gasteiger partial charge in [0, 0.05) is 16.8 Å².